The Balaban J connectivity index is 2.97. The van der Waals surface area contributed by atoms with Crippen molar-refractivity contribution in [1.82, 2.24) is 0 Å². The average molecular weight is 201 g/mol. The van der Waals surface area contributed by atoms with E-state index in [2.05, 4.69) is 16.0 Å². The van der Waals surface area contributed by atoms with E-state index in [1.807, 2.05) is 30.3 Å². The summed E-state index contributed by atoms with van der Waals surface area (Å²) in [5.41, 5.74) is 0.926. The average Bonchev–Trinajstić information content (AvgIpc) is 1.88. The molecule has 54 valence electrons. The van der Waals surface area contributed by atoms with Gasteiger partial charge in [0.05, 0.1) is 0 Å². The van der Waals surface area contributed by atoms with E-state index in [9.17, 15) is 5.11 Å². The monoisotopic (exact) mass is 202 g/mol. The van der Waals surface area contributed by atoms with Crippen molar-refractivity contribution in [2.45, 2.75) is 11.4 Å². The normalized spacial score (nSPS) is 16.3. The molecule has 1 unspecified atom stereocenters. The minimum absolute atomic E-state index is 0.770. The van der Waals surface area contributed by atoms with Gasteiger partial charge in [-0.3, -0.25) is 0 Å². The Morgan fingerprint density at radius 3 is 2.10 bits per heavy atom. The molecule has 0 aliphatic rings. The Morgan fingerprint density at radius 1 is 1.30 bits per heavy atom. The van der Waals surface area contributed by atoms with Crippen molar-refractivity contribution in [1.29, 1.82) is 0 Å². The van der Waals surface area contributed by atoms with E-state index in [1.54, 1.807) is 6.92 Å². The zero-order valence-corrected chi connectivity index (χ0v) is 7.66. The van der Waals surface area contributed by atoms with Crippen LogP contribution in [0.1, 0.15) is 12.5 Å². The molecule has 0 spiro atoms. The summed E-state index contributed by atoms with van der Waals surface area (Å²) in [7, 11) is 0. The molecular weight excluding hydrogens is 191 g/mol. The van der Waals surface area contributed by atoms with Gasteiger partial charge in [0, 0.05) is 0 Å². The standard InChI is InChI=1S/C8H10OSe/c1-8(9,10)7-5-3-2-4-6-7/h2-6,9-10H,1H3. The Hall–Kier alpha value is -0.301. The van der Waals surface area contributed by atoms with Crippen LogP contribution in [0.3, 0.4) is 0 Å². The van der Waals surface area contributed by atoms with Crippen molar-refractivity contribution in [3.05, 3.63) is 35.9 Å². The zero-order valence-electron chi connectivity index (χ0n) is 5.78. The molecule has 0 saturated carbocycles. The third-order valence-electron chi connectivity index (χ3n) is 1.32. The number of benzene rings is 1. The van der Waals surface area contributed by atoms with Gasteiger partial charge >= 0.3 is 68.4 Å². The molecule has 0 amide bonds. The predicted molar refractivity (Wildman–Crippen MR) is 43.2 cm³/mol. The molecule has 0 aliphatic carbocycles. The van der Waals surface area contributed by atoms with Crippen LogP contribution < -0.4 is 0 Å². The summed E-state index contributed by atoms with van der Waals surface area (Å²) in [4.78, 5) is 0. The molecule has 1 N–H and O–H groups in total. The van der Waals surface area contributed by atoms with Crippen molar-refractivity contribution in [2.75, 3.05) is 0 Å². The van der Waals surface area contributed by atoms with Gasteiger partial charge in [0.25, 0.3) is 0 Å². The van der Waals surface area contributed by atoms with Crippen LogP contribution in [-0.2, 0) is 4.50 Å². The van der Waals surface area contributed by atoms with E-state index in [1.165, 1.54) is 0 Å². The number of hydrogen-bond acceptors (Lipinski definition) is 1. The van der Waals surface area contributed by atoms with Crippen LogP contribution in [0.4, 0.5) is 0 Å². The van der Waals surface area contributed by atoms with Gasteiger partial charge in [0.1, 0.15) is 0 Å². The minimum atomic E-state index is -0.770. The third-order valence-corrected chi connectivity index (χ3v) is 1.86. The van der Waals surface area contributed by atoms with Crippen molar-refractivity contribution in [3.8, 4) is 0 Å². The maximum atomic E-state index is 9.46. The number of aliphatic hydroxyl groups is 1. The van der Waals surface area contributed by atoms with E-state index >= 15 is 0 Å². The second-order valence-corrected chi connectivity index (χ2v) is 4.21. The first kappa shape index (κ1) is 7.80. The van der Waals surface area contributed by atoms with Crippen LogP contribution in [0.15, 0.2) is 30.3 Å². The van der Waals surface area contributed by atoms with Crippen LogP contribution >= 0.6 is 0 Å². The molecule has 0 aromatic heterocycles. The quantitative estimate of drug-likeness (QED) is 0.665. The van der Waals surface area contributed by atoms with Crippen molar-refractivity contribution in [2.24, 2.45) is 0 Å². The van der Waals surface area contributed by atoms with Crippen molar-refractivity contribution >= 4 is 16.0 Å². The molecule has 2 heteroatoms. The first-order valence-corrected chi connectivity index (χ1v) is 4.05. The second kappa shape index (κ2) is 2.75. The summed E-state index contributed by atoms with van der Waals surface area (Å²) >= 11 is 2.23. The van der Waals surface area contributed by atoms with Crippen molar-refractivity contribution < 1.29 is 5.11 Å². The summed E-state index contributed by atoms with van der Waals surface area (Å²) in [5.74, 6) is 0. The van der Waals surface area contributed by atoms with E-state index in [0.29, 0.717) is 0 Å². The number of rotatable bonds is 1. The zero-order chi connectivity index (χ0) is 7.61. The first-order chi connectivity index (χ1) is 4.61. The van der Waals surface area contributed by atoms with Gasteiger partial charge in [0.15, 0.2) is 0 Å². The van der Waals surface area contributed by atoms with Gasteiger partial charge in [-0.2, -0.15) is 0 Å². The van der Waals surface area contributed by atoms with E-state index in [-0.39, 0.29) is 0 Å². The summed E-state index contributed by atoms with van der Waals surface area (Å²) in [5, 5.41) is 9.46. The van der Waals surface area contributed by atoms with Crippen LogP contribution in [0.5, 0.6) is 0 Å². The Bertz CT molecular complexity index is 200. The van der Waals surface area contributed by atoms with Crippen LogP contribution in [0.25, 0.3) is 0 Å². The molecular formula is C8H10OSe. The summed E-state index contributed by atoms with van der Waals surface area (Å²) in [6.07, 6.45) is 0. The Morgan fingerprint density at radius 2 is 1.80 bits per heavy atom. The second-order valence-electron chi connectivity index (χ2n) is 2.39. The summed E-state index contributed by atoms with van der Waals surface area (Å²) in [6.45, 7) is 1.75. The van der Waals surface area contributed by atoms with Gasteiger partial charge < -0.3 is 0 Å². The molecule has 1 aromatic carbocycles. The molecule has 1 rings (SSSR count). The molecule has 0 heterocycles. The fourth-order valence-corrected chi connectivity index (χ4v) is 1.07. The fourth-order valence-electron chi connectivity index (χ4n) is 0.754. The maximum absolute atomic E-state index is 9.46. The molecule has 1 aromatic rings. The molecule has 1 nitrogen and oxygen atoms in total. The van der Waals surface area contributed by atoms with Crippen LogP contribution in [0, 0.1) is 0 Å². The topological polar surface area (TPSA) is 20.2 Å². The van der Waals surface area contributed by atoms with Gasteiger partial charge in [-0.05, 0) is 0 Å². The molecule has 0 aliphatic heterocycles. The third kappa shape index (κ3) is 1.84. The molecule has 1 atom stereocenters. The van der Waals surface area contributed by atoms with Gasteiger partial charge in [-0.25, -0.2) is 0 Å². The Kier molecular flexibility index (Phi) is 2.14. The van der Waals surface area contributed by atoms with E-state index in [0.717, 1.165) is 5.56 Å². The molecule has 10 heavy (non-hydrogen) atoms. The summed E-state index contributed by atoms with van der Waals surface area (Å²) < 4.78 is -0.770. The molecule has 0 fully saturated rings. The predicted octanol–water partition coefficient (Wildman–Crippen LogP) is 0.752. The Labute approximate surface area is 68.9 Å². The molecule has 0 saturated heterocycles. The van der Waals surface area contributed by atoms with Gasteiger partial charge in [0.2, 0.25) is 0 Å². The summed E-state index contributed by atoms with van der Waals surface area (Å²) in [6, 6.07) is 9.56. The van der Waals surface area contributed by atoms with Crippen LogP contribution in [0.2, 0.25) is 0 Å². The number of hydrogen-bond donors (Lipinski definition) is 1. The first-order valence-electron chi connectivity index (χ1n) is 3.11. The molecule has 0 bridgehead atoms. The van der Waals surface area contributed by atoms with Crippen LogP contribution in [-0.4, -0.2) is 21.1 Å². The molecule has 0 radical (unpaired) electrons. The van der Waals surface area contributed by atoms with Gasteiger partial charge in [-0.1, -0.05) is 0 Å². The fraction of sp³-hybridized carbons (Fsp3) is 0.250. The van der Waals surface area contributed by atoms with Gasteiger partial charge in [-0.15, -0.1) is 0 Å². The van der Waals surface area contributed by atoms with E-state index in [4.69, 9.17) is 0 Å². The SMILES string of the molecule is CC(O)([SeH])c1ccccc1. The van der Waals surface area contributed by atoms with E-state index < -0.39 is 4.50 Å². The van der Waals surface area contributed by atoms with Crippen molar-refractivity contribution in [3.63, 3.8) is 0 Å².